The first kappa shape index (κ1) is 22.6. The molecule has 9 heteroatoms. The Hall–Kier alpha value is -2.57. The summed E-state index contributed by atoms with van der Waals surface area (Å²) in [6.07, 6.45) is 10.1. The Balaban J connectivity index is 1.34. The molecule has 0 N–H and O–H groups in total. The highest BCUT2D eigenvalue weighted by Gasteiger charge is 2.34. The van der Waals surface area contributed by atoms with Gasteiger partial charge in [0.1, 0.15) is 17.4 Å². The van der Waals surface area contributed by atoms with Gasteiger partial charge in [0.05, 0.1) is 12.2 Å². The van der Waals surface area contributed by atoms with Crippen LogP contribution in [0, 0.1) is 10.8 Å². The molecule has 0 bridgehead atoms. The summed E-state index contributed by atoms with van der Waals surface area (Å²) in [5, 5.41) is 0. The molecule has 3 heterocycles. The number of aromatic nitrogens is 1. The molecule has 2 fully saturated rings. The number of halogens is 1. The molecule has 7 nitrogen and oxygen atoms in total. The zero-order valence-corrected chi connectivity index (χ0v) is 19.4. The van der Waals surface area contributed by atoms with E-state index < -0.39 is 8.30 Å². The van der Waals surface area contributed by atoms with Crippen LogP contribution in [0.1, 0.15) is 13.3 Å². The molecule has 2 aliphatic heterocycles. The van der Waals surface area contributed by atoms with Crippen molar-refractivity contribution in [2.45, 2.75) is 19.4 Å². The Kier molecular flexibility index (Phi) is 7.01. The van der Waals surface area contributed by atoms with Gasteiger partial charge in [-0.1, -0.05) is 25.7 Å². The van der Waals surface area contributed by atoms with E-state index in [9.17, 15) is 9.30 Å². The molecule has 2 saturated heterocycles. The Labute approximate surface area is 189 Å². The van der Waals surface area contributed by atoms with E-state index in [2.05, 4.69) is 31.2 Å². The van der Waals surface area contributed by atoms with Crippen LogP contribution in [0.2, 0.25) is 0 Å². The summed E-state index contributed by atoms with van der Waals surface area (Å²) in [7, 11) is -1.34. The molecule has 1 aromatic rings. The van der Waals surface area contributed by atoms with E-state index in [0.717, 1.165) is 56.4 Å². The average Bonchev–Trinajstić information content (AvgIpc) is 3.11. The highest BCUT2D eigenvalue weighted by atomic mass is 31.2. The SMILES string of the molecule is C=C1C(N2CCN(c3ccc(OP(C)N=O)cn3)CC2)CCN1C1=CC=CC(C)C(F)=C1. The lowest BCUT2D eigenvalue weighted by Gasteiger charge is -2.39. The molecule has 1 aromatic heterocycles. The quantitative estimate of drug-likeness (QED) is 0.451. The van der Waals surface area contributed by atoms with E-state index in [4.69, 9.17) is 4.52 Å². The molecule has 170 valence electrons. The monoisotopic (exact) mass is 457 g/mol. The van der Waals surface area contributed by atoms with Crippen LogP contribution in [0.15, 0.2) is 71.4 Å². The number of nitroso groups, excluding NO2 is 1. The lowest BCUT2D eigenvalue weighted by atomic mass is 10.1. The average molecular weight is 457 g/mol. The van der Waals surface area contributed by atoms with E-state index in [1.807, 2.05) is 37.3 Å². The fraction of sp³-hybridized carbons (Fsp3) is 0.435. The zero-order valence-electron chi connectivity index (χ0n) is 18.5. The van der Waals surface area contributed by atoms with Crippen molar-refractivity contribution < 1.29 is 8.91 Å². The molecule has 4 rings (SSSR count). The molecule has 1 aliphatic carbocycles. The van der Waals surface area contributed by atoms with Crippen LogP contribution in [0.3, 0.4) is 0 Å². The summed E-state index contributed by atoms with van der Waals surface area (Å²) in [4.78, 5) is 24.8. The normalized spacial score (nSPS) is 25.3. The van der Waals surface area contributed by atoms with Gasteiger partial charge in [-0.3, -0.25) is 4.90 Å². The van der Waals surface area contributed by atoms with Crippen LogP contribution in [0.5, 0.6) is 5.75 Å². The van der Waals surface area contributed by atoms with E-state index in [1.54, 1.807) is 18.9 Å². The molecule has 32 heavy (non-hydrogen) atoms. The van der Waals surface area contributed by atoms with Crippen LogP contribution in [0.25, 0.3) is 0 Å². The highest BCUT2D eigenvalue weighted by Crippen LogP contribution is 2.35. The second-order valence-corrected chi connectivity index (χ2v) is 9.53. The Morgan fingerprint density at radius 3 is 2.72 bits per heavy atom. The number of likely N-dealkylation sites (tertiary alicyclic amines) is 1. The first-order valence-corrected chi connectivity index (χ1v) is 12.5. The maximum absolute atomic E-state index is 14.3. The highest BCUT2D eigenvalue weighted by molar-refractivity contribution is 7.50. The van der Waals surface area contributed by atoms with Crippen molar-refractivity contribution in [2.75, 3.05) is 44.3 Å². The number of rotatable bonds is 6. The Bertz CT molecular complexity index is 940. The number of hydrogen-bond acceptors (Lipinski definition) is 7. The second-order valence-electron chi connectivity index (χ2n) is 8.25. The topological polar surface area (TPSA) is 61.3 Å². The molecular weight excluding hydrogens is 428 g/mol. The summed E-state index contributed by atoms with van der Waals surface area (Å²) < 4.78 is 19.7. The van der Waals surface area contributed by atoms with Crippen LogP contribution >= 0.6 is 8.30 Å². The van der Waals surface area contributed by atoms with Crippen LogP contribution < -0.4 is 9.42 Å². The van der Waals surface area contributed by atoms with Crippen molar-refractivity contribution >= 4 is 14.1 Å². The summed E-state index contributed by atoms with van der Waals surface area (Å²) in [6.45, 7) is 12.3. The zero-order chi connectivity index (χ0) is 22.7. The number of piperazine rings is 1. The van der Waals surface area contributed by atoms with E-state index in [0.29, 0.717) is 5.75 Å². The van der Waals surface area contributed by atoms with Gasteiger partial charge in [0.2, 0.25) is 0 Å². The molecule has 3 atom stereocenters. The molecule has 0 amide bonds. The summed E-state index contributed by atoms with van der Waals surface area (Å²) >= 11 is 0. The predicted molar refractivity (Wildman–Crippen MR) is 127 cm³/mol. The largest absolute Gasteiger partial charge is 0.447 e. The molecule has 0 radical (unpaired) electrons. The lowest BCUT2D eigenvalue weighted by molar-refractivity contribution is 0.209. The number of hydrogen-bond donors (Lipinski definition) is 0. The maximum Gasteiger partial charge on any atom is 0.253 e. The minimum absolute atomic E-state index is 0.114. The standard InChI is InChI=1S/C23H29FN5O2P/c1-17-5-4-6-19(15-21(17)24)29-10-9-22(18(29)2)27-11-13-28(14-12-27)23-8-7-20(16-25-23)31-32(3)26-30/h4-8,15-17,22H,2,9-14H2,1,3H3. The van der Waals surface area contributed by atoms with Gasteiger partial charge in [-0.25, -0.2) is 9.37 Å². The number of anilines is 1. The molecule has 0 aromatic carbocycles. The summed E-state index contributed by atoms with van der Waals surface area (Å²) in [5.74, 6) is 1.15. The third-order valence-corrected chi connectivity index (χ3v) is 6.91. The third kappa shape index (κ3) is 4.92. The van der Waals surface area contributed by atoms with Gasteiger partial charge in [-0.2, -0.15) is 0 Å². The molecule has 0 saturated carbocycles. The first-order chi connectivity index (χ1) is 15.5. The predicted octanol–water partition coefficient (Wildman–Crippen LogP) is 4.82. The molecular formula is C23H29FN5O2P. The lowest BCUT2D eigenvalue weighted by Crippen LogP contribution is -2.50. The number of allylic oxidation sites excluding steroid dienone is 5. The molecule has 3 aliphatic rings. The number of pyridine rings is 1. The van der Waals surface area contributed by atoms with Gasteiger partial charge in [0.25, 0.3) is 8.30 Å². The maximum atomic E-state index is 14.3. The van der Waals surface area contributed by atoms with Gasteiger partial charge < -0.3 is 14.3 Å². The minimum atomic E-state index is -1.34. The van der Waals surface area contributed by atoms with Gasteiger partial charge in [0, 0.05) is 56.7 Å². The van der Waals surface area contributed by atoms with Crippen molar-refractivity contribution in [1.29, 1.82) is 0 Å². The molecule has 3 unspecified atom stereocenters. The van der Waals surface area contributed by atoms with Gasteiger partial charge in [-0.05, 0) is 35.7 Å². The van der Waals surface area contributed by atoms with E-state index in [-0.39, 0.29) is 17.8 Å². The summed E-state index contributed by atoms with van der Waals surface area (Å²) in [6, 6.07) is 4.02. The van der Waals surface area contributed by atoms with Crippen LogP contribution in [-0.2, 0) is 0 Å². The van der Waals surface area contributed by atoms with E-state index >= 15 is 0 Å². The van der Waals surface area contributed by atoms with Crippen molar-refractivity contribution in [3.8, 4) is 5.75 Å². The summed E-state index contributed by atoms with van der Waals surface area (Å²) in [5.41, 5.74) is 1.91. The van der Waals surface area contributed by atoms with Crippen molar-refractivity contribution in [3.05, 3.63) is 71.3 Å². The van der Waals surface area contributed by atoms with E-state index in [1.165, 1.54) is 0 Å². The minimum Gasteiger partial charge on any atom is -0.447 e. The Morgan fingerprint density at radius 2 is 2.03 bits per heavy atom. The van der Waals surface area contributed by atoms with Crippen LogP contribution in [0.4, 0.5) is 10.2 Å². The van der Waals surface area contributed by atoms with Gasteiger partial charge >= 0.3 is 0 Å². The van der Waals surface area contributed by atoms with Gasteiger partial charge in [-0.15, -0.1) is 4.91 Å². The second kappa shape index (κ2) is 9.92. The number of nitrogens with zero attached hydrogens (tertiary/aromatic N) is 5. The van der Waals surface area contributed by atoms with Crippen molar-refractivity contribution in [2.24, 2.45) is 10.9 Å². The third-order valence-electron chi connectivity index (χ3n) is 6.21. The fourth-order valence-electron chi connectivity index (χ4n) is 4.38. The van der Waals surface area contributed by atoms with Gasteiger partial charge in [0.15, 0.2) is 0 Å². The first-order valence-electron chi connectivity index (χ1n) is 10.9. The Morgan fingerprint density at radius 1 is 1.25 bits per heavy atom. The molecule has 0 spiro atoms. The smallest absolute Gasteiger partial charge is 0.253 e. The van der Waals surface area contributed by atoms with Crippen molar-refractivity contribution in [1.82, 2.24) is 14.8 Å². The fourth-order valence-corrected chi connectivity index (χ4v) is 4.82. The van der Waals surface area contributed by atoms with Crippen LogP contribution in [-0.4, -0.2) is 60.2 Å². The van der Waals surface area contributed by atoms with Crippen molar-refractivity contribution in [3.63, 3.8) is 0 Å².